The van der Waals surface area contributed by atoms with E-state index < -0.39 is 73.7 Å². The van der Waals surface area contributed by atoms with E-state index in [0.29, 0.717) is 21.1 Å². The Labute approximate surface area is 273 Å². The second-order valence-electron chi connectivity index (χ2n) is 10.6. The summed E-state index contributed by atoms with van der Waals surface area (Å²) in [5.41, 5.74) is -1.000. The van der Waals surface area contributed by atoms with Crippen LogP contribution in [0.2, 0.25) is 0 Å². The van der Waals surface area contributed by atoms with Crippen LogP contribution in [-0.4, -0.2) is 43.1 Å². The number of anilines is 2. The Kier molecular flexibility index (Phi) is 8.27. The van der Waals surface area contributed by atoms with Gasteiger partial charge in [-0.3, -0.25) is 23.7 Å². The number of benzene rings is 3. The number of para-hydroxylation sites is 1. The summed E-state index contributed by atoms with van der Waals surface area (Å²) in [5, 5.41) is 6.70. The minimum absolute atomic E-state index is 0.170. The number of imide groups is 1. The van der Waals surface area contributed by atoms with Gasteiger partial charge in [0.1, 0.15) is 17.5 Å². The van der Waals surface area contributed by atoms with Gasteiger partial charge in [-0.2, -0.15) is 13.2 Å². The zero-order valence-corrected chi connectivity index (χ0v) is 26.5. The second-order valence-corrected chi connectivity index (χ2v) is 14.3. The highest BCUT2D eigenvalue weighted by atomic mass is 32.2. The summed E-state index contributed by atoms with van der Waals surface area (Å²) < 4.78 is 71.4. The highest BCUT2D eigenvalue weighted by Crippen LogP contribution is 2.54. The van der Waals surface area contributed by atoms with E-state index in [1.165, 1.54) is 37.4 Å². The Hall–Kier alpha value is -4.45. The van der Waals surface area contributed by atoms with Gasteiger partial charge >= 0.3 is 11.0 Å². The lowest BCUT2D eigenvalue weighted by Gasteiger charge is -2.30. The largest absolute Gasteiger partial charge is 0.497 e. The van der Waals surface area contributed by atoms with Gasteiger partial charge in [-0.15, -0.1) is 0 Å². The SMILES string of the molecule is COc1ccc([C@H]2c3sc(=O)n(CC(=O)Nc4ccc(S(N)(=O)=O)cc4)c3SC3C(=O)N(c4ccccc4C(F)(F)F)C(=O)C32)cc1. The molecule has 1 aromatic heterocycles. The van der Waals surface area contributed by atoms with Gasteiger partial charge in [0.15, 0.2) is 0 Å². The number of alkyl halides is 3. The number of thiazole rings is 1. The van der Waals surface area contributed by atoms with Crippen molar-refractivity contribution in [3.8, 4) is 5.75 Å². The van der Waals surface area contributed by atoms with E-state index in [4.69, 9.17) is 9.88 Å². The Morgan fingerprint density at radius 3 is 2.26 bits per heavy atom. The number of rotatable bonds is 7. The van der Waals surface area contributed by atoms with Crippen molar-refractivity contribution in [1.82, 2.24) is 4.57 Å². The average molecular weight is 705 g/mol. The van der Waals surface area contributed by atoms with E-state index in [1.54, 1.807) is 24.3 Å². The molecule has 17 heteroatoms. The number of ether oxygens (including phenoxy) is 1. The van der Waals surface area contributed by atoms with Crippen molar-refractivity contribution in [2.75, 3.05) is 17.3 Å². The number of methoxy groups -OCH3 is 1. The minimum Gasteiger partial charge on any atom is -0.497 e. The first-order valence-corrected chi connectivity index (χ1v) is 16.9. The summed E-state index contributed by atoms with van der Waals surface area (Å²) in [5.74, 6) is -3.96. The van der Waals surface area contributed by atoms with Crippen LogP contribution in [0.15, 0.2) is 87.5 Å². The Balaban J connectivity index is 1.39. The number of hydrogen-bond donors (Lipinski definition) is 2. The number of hydrogen-bond acceptors (Lipinski definition) is 9. The lowest BCUT2D eigenvalue weighted by Crippen LogP contribution is -2.33. The van der Waals surface area contributed by atoms with Crippen molar-refractivity contribution in [1.29, 1.82) is 0 Å². The molecule has 1 fully saturated rings. The second kappa shape index (κ2) is 12.0. The summed E-state index contributed by atoms with van der Waals surface area (Å²) in [4.78, 5) is 54.5. The molecule has 2 aliphatic rings. The highest BCUT2D eigenvalue weighted by Gasteiger charge is 2.57. The van der Waals surface area contributed by atoms with Crippen molar-refractivity contribution >= 4 is 62.2 Å². The van der Waals surface area contributed by atoms with Gasteiger partial charge in [0.25, 0.3) is 0 Å². The summed E-state index contributed by atoms with van der Waals surface area (Å²) in [6, 6.07) is 15.9. The number of carbonyl (C=O) groups excluding carboxylic acids is 3. The lowest BCUT2D eigenvalue weighted by atomic mass is 9.83. The molecule has 6 rings (SSSR count). The summed E-state index contributed by atoms with van der Waals surface area (Å²) in [6.45, 7) is -0.510. The number of amides is 3. The van der Waals surface area contributed by atoms with Crippen LogP contribution in [0.4, 0.5) is 24.5 Å². The van der Waals surface area contributed by atoms with E-state index >= 15 is 0 Å². The summed E-state index contributed by atoms with van der Waals surface area (Å²) in [6.07, 6.45) is -4.85. The molecule has 11 nitrogen and oxygen atoms in total. The minimum atomic E-state index is -4.85. The number of nitrogens with two attached hydrogens (primary N) is 1. The molecule has 2 aliphatic heterocycles. The molecule has 0 aliphatic carbocycles. The molecule has 3 atom stereocenters. The molecule has 0 saturated carbocycles. The number of fused-ring (bicyclic) bond motifs is 2. The molecule has 3 N–H and O–H groups in total. The van der Waals surface area contributed by atoms with Crippen molar-refractivity contribution in [3.63, 3.8) is 0 Å². The van der Waals surface area contributed by atoms with Gasteiger partial charge in [-0.05, 0) is 54.1 Å². The molecule has 47 heavy (non-hydrogen) atoms. The zero-order chi connectivity index (χ0) is 33.8. The Morgan fingerprint density at radius 1 is 0.979 bits per heavy atom. The Bertz CT molecular complexity index is 2080. The van der Waals surface area contributed by atoms with Gasteiger partial charge in [0.2, 0.25) is 27.7 Å². The highest BCUT2D eigenvalue weighted by molar-refractivity contribution is 8.00. The fourth-order valence-corrected chi connectivity index (χ4v) is 8.93. The number of nitrogens with one attached hydrogen (secondary N) is 1. The normalized spacial score (nSPS) is 19.3. The van der Waals surface area contributed by atoms with Crippen molar-refractivity contribution in [2.24, 2.45) is 11.1 Å². The van der Waals surface area contributed by atoms with Crippen LogP contribution in [0.3, 0.4) is 0 Å². The third kappa shape index (κ3) is 5.95. The number of halogens is 3. The molecule has 0 spiro atoms. The van der Waals surface area contributed by atoms with Gasteiger partial charge < -0.3 is 10.1 Å². The number of carbonyl (C=O) groups is 3. The molecule has 3 amide bonds. The number of nitrogens with zero attached hydrogens (tertiary/aromatic N) is 2. The number of thioether (sulfide) groups is 1. The molecule has 4 aromatic rings. The predicted molar refractivity (Wildman–Crippen MR) is 167 cm³/mol. The van der Waals surface area contributed by atoms with Gasteiger partial charge in [-0.25, -0.2) is 18.5 Å². The van der Waals surface area contributed by atoms with E-state index in [-0.39, 0.29) is 15.6 Å². The molecule has 3 heterocycles. The zero-order valence-electron chi connectivity index (χ0n) is 24.1. The van der Waals surface area contributed by atoms with Crippen LogP contribution in [0.1, 0.15) is 21.9 Å². The molecule has 0 bridgehead atoms. The van der Waals surface area contributed by atoms with Crippen LogP contribution in [0.25, 0.3) is 0 Å². The van der Waals surface area contributed by atoms with Gasteiger partial charge in [0, 0.05) is 16.5 Å². The van der Waals surface area contributed by atoms with E-state index in [2.05, 4.69) is 5.32 Å². The van der Waals surface area contributed by atoms with E-state index in [0.717, 1.165) is 45.9 Å². The third-order valence-corrected chi connectivity index (χ3v) is 11.3. The first kappa shape index (κ1) is 32.5. The van der Waals surface area contributed by atoms with Crippen LogP contribution in [0.5, 0.6) is 5.75 Å². The Morgan fingerprint density at radius 2 is 1.64 bits per heavy atom. The first-order valence-electron chi connectivity index (χ1n) is 13.7. The van der Waals surface area contributed by atoms with E-state index in [1.807, 2.05) is 0 Å². The van der Waals surface area contributed by atoms with E-state index in [9.17, 15) is 40.8 Å². The molecule has 3 aromatic carbocycles. The predicted octanol–water partition coefficient (Wildman–Crippen LogP) is 4.02. The standard InChI is InChI=1S/C30H23F3N4O7S3/c1-44-17-10-6-15(7-11-17)22-23-24(27(40)37(26(23)39)20-5-3-2-4-19(20)30(31,32)33)45-28-25(22)46-29(41)36(28)14-21(38)35-16-8-12-18(13-9-16)47(34,42)43/h2-13,22-24H,14H2,1H3,(H,35,38)(H2,34,42,43)/t22-,23?,24?/m1/s1. The van der Waals surface area contributed by atoms with Crippen LogP contribution in [0, 0.1) is 5.92 Å². The van der Waals surface area contributed by atoms with Crippen molar-refractivity contribution < 1.29 is 40.7 Å². The molecule has 244 valence electrons. The molecular formula is C30H23F3N4O7S3. The quantitative estimate of drug-likeness (QED) is 0.273. The maximum Gasteiger partial charge on any atom is 0.418 e. The van der Waals surface area contributed by atoms with Crippen LogP contribution >= 0.6 is 23.1 Å². The fourth-order valence-electron chi connectivity index (χ4n) is 5.64. The molecule has 2 unspecified atom stereocenters. The van der Waals surface area contributed by atoms with Crippen LogP contribution < -0.4 is 25.0 Å². The van der Waals surface area contributed by atoms with Crippen LogP contribution in [-0.2, 0) is 37.1 Å². The topological polar surface area (TPSA) is 158 Å². The summed E-state index contributed by atoms with van der Waals surface area (Å²) in [7, 11) is -2.50. The average Bonchev–Trinajstić information content (AvgIpc) is 3.46. The molecule has 0 radical (unpaired) electrons. The third-order valence-electron chi connectivity index (χ3n) is 7.74. The smallest absolute Gasteiger partial charge is 0.418 e. The maximum atomic E-state index is 14.0. The number of aromatic nitrogens is 1. The lowest BCUT2D eigenvalue weighted by molar-refractivity contribution is -0.137. The molecule has 1 saturated heterocycles. The van der Waals surface area contributed by atoms with Gasteiger partial charge in [-0.1, -0.05) is 47.4 Å². The van der Waals surface area contributed by atoms with Crippen molar-refractivity contribution in [2.45, 2.75) is 33.8 Å². The van der Waals surface area contributed by atoms with Crippen molar-refractivity contribution in [3.05, 3.63) is 98.5 Å². The number of primary sulfonamides is 1. The van der Waals surface area contributed by atoms with Gasteiger partial charge in [0.05, 0.1) is 34.2 Å². The number of sulfonamides is 1. The first-order chi connectivity index (χ1) is 22.2. The fraction of sp³-hybridized carbons (Fsp3) is 0.200. The maximum absolute atomic E-state index is 14.0. The monoisotopic (exact) mass is 704 g/mol. The molecular weight excluding hydrogens is 682 g/mol. The summed E-state index contributed by atoms with van der Waals surface area (Å²) >= 11 is 1.62.